The Morgan fingerprint density at radius 1 is 1.25 bits per heavy atom. The van der Waals surface area contributed by atoms with Crippen LogP contribution in [-0.2, 0) is 0 Å². The van der Waals surface area contributed by atoms with E-state index in [4.69, 9.17) is 4.74 Å². The summed E-state index contributed by atoms with van der Waals surface area (Å²) in [5.41, 5.74) is 0.992. The van der Waals surface area contributed by atoms with Gasteiger partial charge in [0.25, 0.3) is 0 Å². The molecule has 0 unspecified atom stereocenters. The van der Waals surface area contributed by atoms with Crippen molar-refractivity contribution in [3.63, 3.8) is 0 Å². The van der Waals surface area contributed by atoms with Crippen LogP contribution in [0.25, 0.3) is 0 Å². The third kappa shape index (κ3) is 2.56. The lowest BCUT2D eigenvalue weighted by molar-refractivity contribution is 0.0846. The van der Waals surface area contributed by atoms with Crippen molar-refractivity contribution in [2.45, 2.75) is 38.2 Å². The number of rotatable bonds is 3. The van der Waals surface area contributed by atoms with Crippen molar-refractivity contribution >= 4 is 0 Å². The zero-order valence-electron chi connectivity index (χ0n) is 9.86. The molecule has 2 heteroatoms. The van der Waals surface area contributed by atoms with Crippen LogP contribution in [0.2, 0.25) is 0 Å². The van der Waals surface area contributed by atoms with Crippen molar-refractivity contribution in [3.8, 4) is 5.75 Å². The fraction of sp³-hybridized carbons (Fsp3) is 0.571. The van der Waals surface area contributed by atoms with Crippen LogP contribution in [0.5, 0.6) is 5.75 Å². The normalized spacial score (nSPS) is 19.4. The van der Waals surface area contributed by atoms with E-state index in [0.29, 0.717) is 5.92 Å². The van der Waals surface area contributed by atoms with Gasteiger partial charge in [-0.2, -0.15) is 0 Å². The van der Waals surface area contributed by atoms with Crippen molar-refractivity contribution in [2.24, 2.45) is 5.92 Å². The van der Waals surface area contributed by atoms with Crippen LogP contribution in [-0.4, -0.2) is 12.2 Å². The quantitative estimate of drug-likeness (QED) is 0.846. The number of ether oxygens (including phenoxy) is 1. The van der Waals surface area contributed by atoms with E-state index >= 15 is 0 Å². The van der Waals surface area contributed by atoms with E-state index in [2.05, 4.69) is 0 Å². The average Bonchev–Trinajstić information content (AvgIpc) is 2.39. The smallest absolute Gasteiger partial charge is 0.119 e. The summed E-state index contributed by atoms with van der Waals surface area (Å²) in [5.74, 6) is 1.26. The minimum atomic E-state index is -0.324. The number of hydrogen-bond acceptors (Lipinski definition) is 2. The lowest BCUT2D eigenvalue weighted by Crippen LogP contribution is -2.15. The second kappa shape index (κ2) is 5.35. The number of hydrogen-bond donors (Lipinski definition) is 1. The number of aliphatic hydroxyl groups excluding tert-OH is 1. The fourth-order valence-electron chi connectivity index (χ4n) is 2.55. The predicted molar refractivity (Wildman–Crippen MR) is 64.5 cm³/mol. The molecule has 1 aromatic rings. The number of methoxy groups -OCH3 is 1. The second-order valence-corrected chi connectivity index (χ2v) is 4.62. The summed E-state index contributed by atoms with van der Waals surface area (Å²) in [4.78, 5) is 0. The third-order valence-corrected chi connectivity index (χ3v) is 3.53. The molecule has 0 radical (unpaired) electrons. The third-order valence-electron chi connectivity index (χ3n) is 3.53. The summed E-state index contributed by atoms with van der Waals surface area (Å²) in [7, 11) is 1.66. The van der Waals surface area contributed by atoms with Crippen LogP contribution in [0.1, 0.15) is 43.8 Å². The van der Waals surface area contributed by atoms with Crippen LogP contribution in [0, 0.1) is 5.92 Å². The molecule has 16 heavy (non-hydrogen) atoms. The number of aliphatic hydroxyl groups is 1. The van der Waals surface area contributed by atoms with Crippen LogP contribution in [0.4, 0.5) is 0 Å². The van der Waals surface area contributed by atoms with E-state index in [1.807, 2.05) is 24.3 Å². The van der Waals surface area contributed by atoms with Crippen LogP contribution in [0.15, 0.2) is 24.3 Å². The summed E-state index contributed by atoms with van der Waals surface area (Å²) in [6.07, 6.45) is 5.81. The van der Waals surface area contributed by atoms with Crippen LogP contribution < -0.4 is 4.74 Å². The van der Waals surface area contributed by atoms with Crippen molar-refractivity contribution in [2.75, 3.05) is 7.11 Å². The van der Waals surface area contributed by atoms with Crippen molar-refractivity contribution < 1.29 is 9.84 Å². The maximum Gasteiger partial charge on any atom is 0.119 e. The summed E-state index contributed by atoms with van der Waals surface area (Å²) < 4.78 is 5.18. The molecular formula is C14H20O2. The Labute approximate surface area is 97.3 Å². The summed E-state index contributed by atoms with van der Waals surface area (Å²) in [5, 5.41) is 10.3. The molecule has 0 aliphatic heterocycles. The molecule has 88 valence electrons. The fourth-order valence-corrected chi connectivity index (χ4v) is 2.55. The Balaban J connectivity index is 2.09. The van der Waals surface area contributed by atoms with Gasteiger partial charge in [-0.25, -0.2) is 0 Å². The van der Waals surface area contributed by atoms with Gasteiger partial charge in [0, 0.05) is 0 Å². The molecular weight excluding hydrogens is 200 g/mol. The first kappa shape index (κ1) is 11.5. The van der Waals surface area contributed by atoms with E-state index < -0.39 is 0 Å². The van der Waals surface area contributed by atoms with Crippen LogP contribution in [0.3, 0.4) is 0 Å². The van der Waals surface area contributed by atoms with Gasteiger partial charge in [-0.1, -0.05) is 31.4 Å². The standard InChI is InChI=1S/C14H20O2/c1-16-13-9-5-8-12(10-13)14(15)11-6-3-2-4-7-11/h5,8-11,14-15H,2-4,6-7H2,1H3/t14-/m1/s1. The Morgan fingerprint density at radius 2 is 2.00 bits per heavy atom. The molecule has 1 saturated carbocycles. The van der Waals surface area contributed by atoms with Gasteiger partial charge >= 0.3 is 0 Å². The van der Waals surface area contributed by atoms with E-state index in [0.717, 1.165) is 24.2 Å². The van der Waals surface area contributed by atoms with Gasteiger partial charge in [0.05, 0.1) is 13.2 Å². The van der Waals surface area contributed by atoms with Crippen molar-refractivity contribution in [3.05, 3.63) is 29.8 Å². The van der Waals surface area contributed by atoms with Gasteiger partial charge in [-0.15, -0.1) is 0 Å². The molecule has 1 atom stereocenters. The Hall–Kier alpha value is -1.02. The zero-order chi connectivity index (χ0) is 11.4. The van der Waals surface area contributed by atoms with Gasteiger partial charge in [0.15, 0.2) is 0 Å². The highest BCUT2D eigenvalue weighted by atomic mass is 16.5. The lowest BCUT2D eigenvalue weighted by Gasteiger charge is -2.26. The first-order valence-corrected chi connectivity index (χ1v) is 6.13. The molecule has 1 aromatic carbocycles. The van der Waals surface area contributed by atoms with Crippen molar-refractivity contribution in [1.29, 1.82) is 0 Å². The molecule has 1 fully saturated rings. The van der Waals surface area contributed by atoms with Gasteiger partial charge in [-0.3, -0.25) is 0 Å². The number of benzene rings is 1. The Bertz CT molecular complexity index is 329. The molecule has 2 rings (SSSR count). The maximum atomic E-state index is 10.3. The van der Waals surface area contributed by atoms with Gasteiger partial charge in [-0.05, 0) is 36.5 Å². The first-order chi connectivity index (χ1) is 7.81. The SMILES string of the molecule is COc1cccc([C@H](O)C2CCCCC2)c1. The highest BCUT2D eigenvalue weighted by Crippen LogP contribution is 2.35. The monoisotopic (exact) mass is 220 g/mol. The molecule has 0 saturated heterocycles. The van der Waals surface area contributed by atoms with E-state index in [1.165, 1.54) is 19.3 Å². The van der Waals surface area contributed by atoms with Gasteiger partial charge in [0.1, 0.15) is 5.75 Å². The second-order valence-electron chi connectivity index (χ2n) is 4.62. The molecule has 0 aromatic heterocycles. The zero-order valence-corrected chi connectivity index (χ0v) is 9.86. The highest BCUT2D eigenvalue weighted by Gasteiger charge is 2.23. The minimum absolute atomic E-state index is 0.324. The summed E-state index contributed by atoms with van der Waals surface area (Å²) in [6.45, 7) is 0. The summed E-state index contributed by atoms with van der Waals surface area (Å²) in [6, 6.07) is 7.79. The van der Waals surface area contributed by atoms with E-state index in [9.17, 15) is 5.11 Å². The molecule has 1 aliphatic rings. The molecule has 0 spiro atoms. The molecule has 1 N–H and O–H groups in total. The largest absolute Gasteiger partial charge is 0.497 e. The minimum Gasteiger partial charge on any atom is -0.497 e. The lowest BCUT2D eigenvalue weighted by atomic mass is 9.83. The molecule has 1 aliphatic carbocycles. The summed E-state index contributed by atoms with van der Waals surface area (Å²) >= 11 is 0. The molecule has 0 bridgehead atoms. The van der Waals surface area contributed by atoms with E-state index in [1.54, 1.807) is 7.11 Å². The van der Waals surface area contributed by atoms with E-state index in [-0.39, 0.29) is 6.10 Å². The van der Waals surface area contributed by atoms with Gasteiger partial charge in [0.2, 0.25) is 0 Å². The topological polar surface area (TPSA) is 29.5 Å². The predicted octanol–water partition coefficient (Wildman–Crippen LogP) is 3.31. The van der Waals surface area contributed by atoms with Crippen LogP contribution >= 0.6 is 0 Å². The molecule has 0 heterocycles. The molecule has 0 amide bonds. The van der Waals surface area contributed by atoms with Crippen molar-refractivity contribution in [1.82, 2.24) is 0 Å². The first-order valence-electron chi connectivity index (χ1n) is 6.13. The highest BCUT2D eigenvalue weighted by molar-refractivity contribution is 5.30. The van der Waals surface area contributed by atoms with Gasteiger partial charge < -0.3 is 9.84 Å². The molecule has 2 nitrogen and oxygen atoms in total. The Kier molecular flexibility index (Phi) is 3.83. The average molecular weight is 220 g/mol. The maximum absolute atomic E-state index is 10.3. The Morgan fingerprint density at radius 3 is 2.69 bits per heavy atom.